The Morgan fingerprint density at radius 2 is 1.96 bits per heavy atom. The molecule has 1 N–H and O–H groups in total. The number of benzene rings is 1. The number of ether oxygens (including phenoxy) is 2. The second-order valence-corrected chi connectivity index (χ2v) is 7.54. The van der Waals surface area contributed by atoms with Crippen LogP contribution in [-0.4, -0.2) is 31.7 Å². The topological polar surface area (TPSA) is 50.8 Å². The van der Waals surface area contributed by atoms with Crippen LogP contribution >= 0.6 is 11.3 Å². The summed E-state index contributed by atoms with van der Waals surface area (Å²) in [5, 5.41) is 5.03. The highest BCUT2D eigenvalue weighted by atomic mass is 32.1. The summed E-state index contributed by atoms with van der Waals surface area (Å²) in [7, 11) is 3.18. The van der Waals surface area contributed by atoms with Crippen LogP contribution in [0.5, 0.6) is 11.5 Å². The minimum absolute atomic E-state index is 0.0120. The van der Waals surface area contributed by atoms with Gasteiger partial charge in [-0.3, -0.25) is 0 Å². The van der Waals surface area contributed by atoms with E-state index < -0.39 is 0 Å². The number of carbonyl (C=O) groups is 1. The van der Waals surface area contributed by atoms with E-state index in [2.05, 4.69) is 32.2 Å². The molecule has 142 valence electrons. The zero-order valence-corrected chi connectivity index (χ0v) is 16.9. The van der Waals surface area contributed by atoms with Crippen molar-refractivity contribution >= 4 is 23.1 Å². The fourth-order valence-electron chi connectivity index (χ4n) is 2.64. The van der Waals surface area contributed by atoms with Gasteiger partial charge in [0.15, 0.2) is 0 Å². The first-order valence-electron chi connectivity index (χ1n) is 8.79. The monoisotopic (exact) mass is 376 g/mol. The van der Waals surface area contributed by atoms with Gasteiger partial charge in [-0.2, -0.15) is 0 Å². The smallest absolute Gasteiger partial charge is 0.322 e. The average Bonchev–Trinajstić information content (AvgIpc) is 3.16. The van der Waals surface area contributed by atoms with Gasteiger partial charge in [-0.15, -0.1) is 11.3 Å². The summed E-state index contributed by atoms with van der Waals surface area (Å²) < 4.78 is 10.6. The SMILES string of the molecule is COc1ccc(NC(=O)N(CCC(C)C)[C@@H](C)c2cccs2)c(OC)c1. The summed E-state index contributed by atoms with van der Waals surface area (Å²) in [4.78, 5) is 16.1. The maximum atomic E-state index is 13.0. The van der Waals surface area contributed by atoms with Gasteiger partial charge in [0.1, 0.15) is 11.5 Å². The van der Waals surface area contributed by atoms with Gasteiger partial charge >= 0.3 is 6.03 Å². The summed E-state index contributed by atoms with van der Waals surface area (Å²) in [5.41, 5.74) is 0.631. The molecule has 0 radical (unpaired) electrons. The van der Waals surface area contributed by atoms with Crippen LogP contribution in [0, 0.1) is 5.92 Å². The number of thiophene rings is 1. The Kier molecular flexibility index (Phi) is 7.33. The zero-order valence-electron chi connectivity index (χ0n) is 16.1. The summed E-state index contributed by atoms with van der Waals surface area (Å²) in [6.07, 6.45) is 0.947. The van der Waals surface area contributed by atoms with Crippen molar-refractivity contribution in [1.29, 1.82) is 0 Å². The van der Waals surface area contributed by atoms with E-state index in [1.165, 1.54) is 4.88 Å². The Balaban J connectivity index is 2.20. The molecular weight excluding hydrogens is 348 g/mol. The predicted molar refractivity (Wildman–Crippen MR) is 107 cm³/mol. The summed E-state index contributed by atoms with van der Waals surface area (Å²) in [5.74, 6) is 1.78. The molecule has 1 aromatic heterocycles. The number of anilines is 1. The molecule has 0 aliphatic heterocycles. The molecule has 0 aliphatic carbocycles. The first kappa shape index (κ1) is 20.1. The van der Waals surface area contributed by atoms with Crippen molar-refractivity contribution in [1.82, 2.24) is 4.90 Å². The number of rotatable bonds is 8. The highest BCUT2D eigenvalue weighted by Crippen LogP contribution is 2.31. The minimum atomic E-state index is -0.130. The Hall–Kier alpha value is -2.21. The molecule has 0 bridgehead atoms. The Morgan fingerprint density at radius 3 is 2.54 bits per heavy atom. The van der Waals surface area contributed by atoms with Crippen molar-refractivity contribution in [2.75, 3.05) is 26.1 Å². The lowest BCUT2D eigenvalue weighted by Crippen LogP contribution is -2.38. The van der Waals surface area contributed by atoms with Gasteiger partial charge in [-0.1, -0.05) is 19.9 Å². The molecule has 1 aromatic carbocycles. The van der Waals surface area contributed by atoms with Gasteiger partial charge in [-0.05, 0) is 42.8 Å². The third-order valence-electron chi connectivity index (χ3n) is 4.28. The van der Waals surface area contributed by atoms with Gasteiger partial charge in [0.05, 0.1) is 25.9 Å². The van der Waals surface area contributed by atoms with E-state index in [9.17, 15) is 4.79 Å². The van der Waals surface area contributed by atoms with Crippen LogP contribution in [0.2, 0.25) is 0 Å². The zero-order chi connectivity index (χ0) is 19.1. The third-order valence-corrected chi connectivity index (χ3v) is 5.32. The Morgan fingerprint density at radius 1 is 1.19 bits per heavy atom. The molecule has 1 heterocycles. The molecule has 2 aromatic rings. The van der Waals surface area contributed by atoms with Crippen molar-refractivity contribution in [3.8, 4) is 11.5 Å². The average molecular weight is 377 g/mol. The first-order valence-corrected chi connectivity index (χ1v) is 9.67. The van der Waals surface area contributed by atoms with Crippen LogP contribution in [0.4, 0.5) is 10.5 Å². The largest absolute Gasteiger partial charge is 0.497 e. The Bertz CT molecular complexity index is 701. The van der Waals surface area contributed by atoms with Crippen molar-refractivity contribution in [3.63, 3.8) is 0 Å². The number of hydrogen-bond acceptors (Lipinski definition) is 4. The number of amides is 2. The van der Waals surface area contributed by atoms with E-state index in [4.69, 9.17) is 9.47 Å². The van der Waals surface area contributed by atoms with E-state index in [1.807, 2.05) is 16.3 Å². The van der Waals surface area contributed by atoms with Crippen LogP contribution in [0.1, 0.15) is 38.1 Å². The molecule has 1 atom stereocenters. The van der Waals surface area contributed by atoms with E-state index in [1.54, 1.807) is 43.8 Å². The van der Waals surface area contributed by atoms with Gasteiger partial charge in [0.2, 0.25) is 0 Å². The molecule has 26 heavy (non-hydrogen) atoms. The maximum absolute atomic E-state index is 13.0. The molecule has 6 heteroatoms. The lowest BCUT2D eigenvalue weighted by molar-refractivity contribution is 0.189. The predicted octanol–water partition coefficient (Wildman–Crippen LogP) is 5.41. The fraction of sp³-hybridized carbons (Fsp3) is 0.450. The lowest BCUT2D eigenvalue weighted by Gasteiger charge is -2.30. The molecule has 5 nitrogen and oxygen atoms in total. The normalized spacial score (nSPS) is 11.9. The van der Waals surface area contributed by atoms with Gasteiger partial charge in [0.25, 0.3) is 0 Å². The van der Waals surface area contributed by atoms with Crippen molar-refractivity contribution in [2.24, 2.45) is 5.92 Å². The van der Waals surface area contributed by atoms with Gasteiger partial charge in [0, 0.05) is 17.5 Å². The molecule has 0 saturated carbocycles. The standard InChI is InChI=1S/C20H28N2O3S/c1-14(2)10-11-22(15(3)19-7-6-12-26-19)20(23)21-17-9-8-16(24-4)13-18(17)25-5/h6-9,12-15H,10-11H2,1-5H3,(H,21,23)/t15-/m0/s1. The van der Waals surface area contributed by atoms with E-state index in [0.29, 0.717) is 29.6 Å². The molecule has 0 saturated heterocycles. The van der Waals surface area contributed by atoms with Crippen LogP contribution in [-0.2, 0) is 0 Å². The number of nitrogens with one attached hydrogen (secondary N) is 1. The molecule has 2 amide bonds. The summed E-state index contributed by atoms with van der Waals surface area (Å²) in [6.45, 7) is 7.09. The molecule has 0 unspecified atom stereocenters. The van der Waals surface area contributed by atoms with E-state index in [-0.39, 0.29) is 12.1 Å². The van der Waals surface area contributed by atoms with E-state index in [0.717, 1.165) is 6.42 Å². The number of nitrogens with zero attached hydrogens (tertiary/aromatic N) is 1. The maximum Gasteiger partial charge on any atom is 0.322 e. The molecule has 2 rings (SSSR count). The van der Waals surface area contributed by atoms with E-state index >= 15 is 0 Å². The number of methoxy groups -OCH3 is 2. The second kappa shape index (κ2) is 9.48. The lowest BCUT2D eigenvalue weighted by atomic mass is 10.1. The molecular formula is C20H28N2O3S. The summed E-state index contributed by atoms with van der Waals surface area (Å²) in [6, 6.07) is 9.33. The quantitative estimate of drug-likeness (QED) is 0.670. The molecule has 0 fully saturated rings. The number of urea groups is 1. The molecule has 0 spiro atoms. The third kappa shape index (κ3) is 5.14. The summed E-state index contributed by atoms with van der Waals surface area (Å²) >= 11 is 1.67. The second-order valence-electron chi connectivity index (χ2n) is 6.56. The number of carbonyl (C=O) groups excluding carboxylic acids is 1. The minimum Gasteiger partial charge on any atom is -0.497 e. The fourth-order valence-corrected chi connectivity index (χ4v) is 3.44. The number of hydrogen-bond donors (Lipinski definition) is 1. The van der Waals surface area contributed by atoms with Gasteiger partial charge in [-0.25, -0.2) is 4.79 Å². The molecule has 0 aliphatic rings. The first-order chi connectivity index (χ1) is 12.5. The van der Waals surface area contributed by atoms with Crippen LogP contribution < -0.4 is 14.8 Å². The van der Waals surface area contributed by atoms with Crippen LogP contribution in [0.25, 0.3) is 0 Å². The van der Waals surface area contributed by atoms with Crippen molar-refractivity contribution < 1.29 is 14.3 Å². The Labute approximate surface area is 159 Å². The van der Waals surface area contributed by atoms with Crippen molar-refractivity contribution in [2.45, 2.75) is 33.2 Å². The highest BCUT2D eigenvalue weighted by Gasteiger charge is 2.23. The van der Waals surface area contributed by atoms with Crippen LogP contribution in [0.3, 0.4) is 0 Å². The van der Waals surface area contributed by atoms with Crippen LogP contribution in [0.15, 0.2) is 35.7 Å². The van der Waals surface area contributed by atoms with Gasteiger partial charge < -0.3 is 19.7 Å². The van der Waals surface area contributed by atoms with Crippen molar-refractivity contribution in [3.05, 3.63) is 40.6 Å². The highest BCUT2D eigenvalue weighted by molar-refractivity contribution is 7.10.